The maximum absolute atomic E-state index is 13.2. The minimum atomic E-state index is -3.46. The molecule has 3 aliphatic heterocycles. The molecule has 0 spiro atoms. The van der Waals surface area contributed by atoms with Crippen molar-refractivity contribution in [3.63, 3.8) is 0 Å². The molecule has 3 saturated heterocycles. The Hall–Kier alpha value is -0.990. The molecule has 4 rings (SSSR count). The molecule has 6 nitrogen and oxygen atoms in total. The van der Waals surface area contributed by atoms with Gasteiger partial charge < -0.3 is 4.74 Å². The fraction of sp³-hybridized carbons (Fsp3) is 0.700. The monoisotopic (exact) mass is 393 g/mol. The first-order valence-electron chi connectivity index (χ1n) is 10.0. The predicted octanol–water partition coefficient (Wildman–Crippen LogP) is 1.63. The highest BCUT2D eigenvalue weighted by atomic mass is 32.2. The Morgan fingerprint density at radius 2 is 1.70 bits per heavy atom. The van der Waals surface area contributed by atoms with E-state index in [9.17, 15) is 8.42 Å². The summed E-state index contributed by atoms with van der Waals surface area (Å²) in [6.45, 7) is 10.2. The van der Waals surface area contributed by atoms with Crippen LogP contribution in [0.1, 0.15) is 26.7 Å². The minimum Gasteiger partial charge on any atom is -0.381 e. The Balaban J connectivity index is 1.54. The van der Waals surface area contributed by atoms with E-state index in [2.05, 4.69) is 23.6 Å². The Labute approximate surface area is 163 Å². The van der Waals surface area contributed by atoms with Crippen molar-refractivity contribution in [1.29, 1.82) is 0 Å². The highest BCUT2D eigenvalue weighted by Gasteiger charge is 2.46. The van der Waals surface area contributed by atoms with E-state index >= 15 is 0 Å². The van der Waals surface area contributed by atoms with E-state index < -0.39 is 10.0 Å². The third-order valence-corrected chi connectivity index (χ3v) is 8.18. The van der Waals surface area contributed by atoms with Crippen LogP contribution in [0.25, 0.3) is 0 Å². The zero-order chi connectivity index (χ0) is 19.1. The number of rotatable bonds is 3. The van der Waals surface area contributed by atoms with E-state index in [1.165, 1.54) is 0 Å². The van der Waals surface area contributed by atoms with Gasteiger partial charge >= 0.3 is 0 Å². The summed E-state index contributed by atoms with van der Waals surface area (Å²) in [5.74, 6) is 0. The van der Waals surface area contributed by atoms with Gasteiger partial charge in [-0.25, -0.2) is 8.42 Å². The third kappa shape index (κ3) is 3.80. The number of nitrogens with zero attached hydrogens (tertiary/aromatic N) is 3. The van der Waals surface area contributed by atoms with Crippen molar-refractivity contribution in [1.82, 2.24) is 14.1 Å². The fourth-order valence-electron chi connectivity index (χ4n) is 4.96. The van der Waals surface area contributed by atoms with Crippen molar-refractivity contribution in [2.75, 3.05) is 45.9 Å². The van der Waals surface area contributed by atoms with Crippen molar-refractivity contribution in [3.05, 3.63) is 30.3 Å². The predicted molar refractivity (Wildman–Crippen MR) is 105 cm³/mol. The van der Waals surface area contributed by atoms with Crippen molar-refractivity contribution < 1.29 is 13.2 Å². The molecule has 1 aromatic carbocycles. The summed E-state index contributed by atoms with van der Waals surface area (Å²) in [7, 11) is -3.46. The van der Waals surface area contributed by atoms with E-state index in [0.29, 0.717) is 24.0 Å². The standard InChI is InChI=1S/C20H31N3O3S/c1-20(2)16-22(27(24,25)19-6-4-3-5-7-19)15-18-14-21(10-11-23(18)20)17-8-12-26-13-9-17/h3-7,17-18H,8-16H2,1-2H3/t18-/m0/s1. The Kier molecular flexibility index (Phi) is 5.33. The van der Waals surface area contributed by atoms with Crippen LogP contribution in [0.4, 0.5) is 0 Å². The molecule has 150 valence electrons. The van der Waals surface area contributed by atoms with E-state index in [1.54, 1.807) is 28.6 Å². The topological polar surface area (TPSA) is 53.1 Å². The summed E-state index contributed by atoms with van der Waals surface area (Å²) in [5.41, 5.74) is -0.160. The van der Waals surface area contributed by atoms with Gasteiger partial charge in [-0.1, -0.05) is 18.2 Å². The van der Waals surface area contributed by atoms with Crippen LogP contribution in [-0.4, -0.2) is 86.1 Å². The zero-order valence-corrected chi connectivity index (χ0v) is 17.2. The number of hydrogen-bond acceptors (Lipinski definition) is 5. The lowest BCUT2D eigenvalue weighted by Gasteiger charge is -2.56. The zero-order valence-electron chi connectivity index (χ0n) is 16.4. The smallest absolute Gasteiger partial charge is 0.243 e. The largest absolute Gasteiger partial charge is 0.381 e. The second-order valence-corrected chi connectivity index (χ2v) is 10.5. The second-order valence-electron chi connectivity index (χ2n) is 8.61. The molecule has 0 bridgehead atoms. The van der Waals surface area contributed by atoms with Crippen LogP contribution >= 0.6 is 0 Å². The summed E-state index contributed by atoms with van der Waals surface area (Å²) in [4.78, 5) is 5.49. The SMILES string of the molecule is CC1(C)CN(S(=O)(=O)c2ccccc2)C[C@@H]2CN(C3CCOCC3)CCN21. The van der Waals surface area contributed by atoms with Gasteiger partial charge in [0.1, 0.15) is 0 Å². The van der Waals surface area contributed by atoms with Crippen LogP contribution < -0.4 is 0 Å². The minimum absolute atomic E-state index is 0.160. The van der Waals surface area contributed by atoms with E-state index in [0.717, 1.165) is 45.7 Å². The van der Waals surface area contributed by atoms with Crippen molar-refractivity contribution in [2.45, 2.75) is 49.2 Å². The van der Waals surface area contributed by atoms with Gasteiger partial charge in [-0.2, -0.15) is 4.31 Å². The lowest BCUT2D eigenvalue weighted by molar-refractivity contribution is -0.0656. The van der Waals surface area contributed by atoms with E-state index in [-0.39, 0.29) is 11.6 Å². The molecule has 0 radical (unpaired) electrons. The fourth-order valence-corrected chi connectivity index (χ4v) is 6.61. The molecule has 27 heavy (non-hydrogen) atoms. The highest BCUT2D eigenvalue weighted by molar-refractivity contribution is 7.89. The molecule has 1 atom stereocenters. The number of sulfonamides is 1. The van der Waals surface area contributed by atoms with Gasteiger partial charge in [-0.05, 0) is 38.8 Å². The maximum atomic E-state index is 13.2. The van der Waals surface area contributed by atoms with Crippen LogP contribution in [0.15, 0.2) is 35.2 Å². The molecular formula is C20H31N3O3S. The molecule has 0 aliphatic carbocycles. The quantitative estimate of drug-likeness (QED) is 0.781. The average molecular weight is 394 g/mol. The summed E-state index contributed by atoms with van der Waals surface area (Å²) in [5, 5.41) is 0. The molecular weight excluding hydrogens is 362 g/mol. The third-order valence-electron chi connectivity index (χ3n) is 6.36. The maximum Gasteiger partial charge on any atom is 0.243 e. The molecule has 7 heteroatoms. The molecule has 1 aromatic rings. The molecule has 0 unspecified atom stereocenters. The number of benzene rings is 1. The van der Waals surface area contributed by atoms with Crippen LogP contribution in [-0.2, 0) is 14.8 Å². The number of piperazine rings is 2. The van der Waals surface area contributed by atoms with E-state index in [1.807, 2.05) is 6.07 Å². The van der Waals surface area contributed by atoms with Crippen molar-refractivity contribution >= 4 is 10.0 Å². The molecule has 0 aromatic heterocycles. The van der Waals surface area contributed by atoms with Gasteiger partial charge in [0.25, 0.3) is 0 Å². The van der Waals surface area contributed by atoms with Crippen molar-refractivity contribution in [2.24, 2.45) is 0 Å². The van der Waals surface area contributed by atoms with Gasteiger partial charge in [0, 0.05) is 63.6 Å². The number of hydrogen-bond donors (Lipinski definition) is 0. The first-order chi connectivity index (χ1) is 12.9. The Bertz CT molecular complexity index is 747. The van der Waals surface area contributed by atoms with Crippen LogP contribution in [0.2, 0.25) is 0 Å². The number of fused-ring (bicyclic) bond motifs is 1. The Morgan fingerprint density at radius 3 is 2.41 bits per heavy atom. The molecule has 0 N–H and O–H groups in total. The van der Waals surface area contributed by atoms with Crippen molar-refractivity contribution in [3.8, 4) is 0 Å². The summed E-state index contributed by atoms with van der Waals surface area (Å²) in [6.07, 6.45) is 2.17. The van der Waals surface area contributed by atoms with Crippen LogP contribution in [0.5, 0.6) is 0 Å². The lowest BCUT2D eigenvalue weighted by atomic mass is 9.93. The van der Waals surface area contributed by atoms with Gasteiger partial charge in [0.15, 0.2) is 0 Å². The van der Waals surface area contributed by atoms with Gasteiger partial charge in [-0.15, -0.1) is 0 Å². The van der Waals surface area contributed by atoms with Crippen LogP contribution in [0, 0.1) is 0 Å². The summed E-state index contributed by atoms with van der Waals surface area (Å²) >= 11 is 0. The second kappa shape index (κ2) is 7.44. The van der Waals surface area contributed by atoms with Gasteiger partial charge in [0.2, 0.25) is 10.0 Å². The average Bonchev–Trinajstić information content (AvgIpc) is 2.68. The molecule has 3 heterocycles. The molecule has 0 saturated carbocycles. The van der Waals surface area contributed by atoms with Crippen LogP contribution in [0.3, 0.4) is 0 Å². The molecule has 3 fully saturated rings. The molecule has 0 amide bonds. The summed E-state index contributed by atoms with van der Waals surface area (Å²) in [6, 6.07) is 9.65. The first kappa shape index (κ1) is 19.3. The summed E-state index contributed by atoms with van der Waals surface area (Å²) < 4.78 is 33.6. The van der Waals surface area contributed by atoms with Gasteiger partial charge in [-0.3, -0.25) is 9.80 Å². The first-order valence-corrected chi connectivity index (χ1v) is 11.5. The Morgan fingerprint density at radius 1 is 1.00 bits per heavy atom. The lowest BCUT2D eigenvalue weighted by Crippen LogP contribution is -2.71. The normalized spacial score (nSPS) is 28.7. The van der Waals surface area contributed by atoms with E-state index in [4.69, 9.17) is 4.74 Å². The highest BCUT2D eigenvalue weighted by Crippen LogP contribution is 2.32. The molecule has 3 aliphatic rings. The number of ether oxygens (including phenoxy) is 1. The van der Waals surface area contributed by atoms with Gasteiger partial charge in [0.05, 0.1) is 4.90 Å².